The molecule has 1 atom stereocenters. The second-order valence-corrected chi connectivity index (χ2v) is 8.23. The highest BCUT2D eigenvalue weighted by Gasteiger charge is 2.36. The van der Waals surface area contributed by atoms with Gasteiger partial charge in [0.1, 0.15) is 0 Å². The maximum absolute atomic E-state index is 12.8. The van der Waals surface area contributed by atoms with Crippen molar-refractivity contribution in [1.29, 1.82) is 0 Å². The zero-order valence-electron chi connectivity index (χ0n) is 20.3. The molecule has 0 saturated carbocycles. The summed E-state index contributed by atoms with van der Waals surface area (Å²) in [5, 5.41) is 8.66. The summed E-state index contributed by atoms with van der Waals surface area (Å²) in [6.45, 7) is 10.1. The Morgan fingerprint density at radius 1 is 1.03 bits per heavy atom. The van der Waals surface area contributed by atoms with E-state index in [0.717, 1.165) is 23.2 Å². The molecule has 180 valence electrons. The number of rotatable bonds is 7. The van der Waals surface area contributed by atoms with Crippen LogP contribution in [0.5, 0.6) is 0 Å². The number of urea groups is 2. The number of hydrogen-bond acceptors (Lipinski definition) is 4. The van der Waals surface area contributed by atoms with E-state index >= 15 is 0 Å². The second kappa shape index (κ2) is 10.9. The van der Waals surface area contributed by atoms with Crippen LogP contribution in [0.15, 0.2) is 53.7 Å². The standard InChI is InChI=1S/C26H32N4O4/c1-6-14-30-18(5)21(24(31)34-7-2)23(29-26(30)33)19-12-9-13-20(15-19)27-25(32)28-22-16(3)10-8-11-17(22)4/h8-13,15,23H,6-7,14H2,1-5H3,(H,29,33)(H2,27,28,32)/t23-/m1/s1. The zero-order valence-corrected chi connectivity index (χ0v) is 20.3. The molecule has 0 aliphatic carbocycles. The lowest BCUT2D eigenvalue weighted by Gasteiger charge is -2.35. The van der Waals surface area contributed by atoms with Gasteiger partial charge in [-0.1, -0.05) is 37.3 Å². The average molecular weight is 465 g/mol. The van der Waals surface area contributed by atoms with Gasteiger partial charge in [0.05, 0.1) is 18.2 Å². The first-order chi connectivity index (χ1) is 16.3. The van der Waals surface area contributed by atoms with Gasteiger partial charge in [-0.15, -0.1) is 0 Å². The molecule has 3 rings (SSSR count). The molecule has 2 aromatic rings. The predicted octanol–water partition coefficient (Wildman–Crippen LogP) is 5.26. The third-order valence-electron chi connectivity index (χ3n) is 5.74. The Labute approximate surface area is 200 Å². The number of carbonyl (C=O) groups excluding carboxylic acids is 3. The van der Waals surface area contributed by atoms with E-state index in [2.05, 4.69) is 16.0 Å². The molecule has 8 nitrogen and oxygen atoms in total. The minimum Gasteiger partial charge on any atom is -0.463 e. The van der Waals surface area contributed by atoms with Crippen LogP contribution in [0, 0.1) is 13.8 Å². The van der Waals surface area contributed by atoms with Crippen molar-refractivity contribution in [2.24, 2.45) is 0 Å². The van der Waals surface area contributed by atoms with Crippen molar-refractivity contribution >= 4 is 29.4 Å². The summed E-state index contributed by atoms with van der Waals surface area (Å²) >= 11 is 0. The van der Waals surface area contributed by atoms with E-state index in [1.165, 1.54) is 0 Å². The maximum Gasteiger partial charge on any atom is 0.338 e. The number of allylic oxidation sites excluding steroid dienone is 1. The second-order valence-electron chi connectivity index (χ2n) is 8.23. The van der Waals surface area contributed by atoms with Gasteiger partial charge in [-0.3, -0.25) is 4.90 Å². The lowest BCUT2D eigenvalue weighted by molar-refractivity contribution is -0.139. The third kappa shape index (κ3) is 5.39. The first-order valence-electron chi connectivity index (χ1n) is 11.5. The van der Waals surface area contributed by atoms with Gasteiger partial charge in [0, 0.05) is 23.6 Å². The first-order valence-corrected chi connectivity index (χ1v) is 11.5. The molecule has 0 aromatic heterocycles. The fraction of sp³-hybridized carbons (Fsp3) is 0.346. The number of para-hydroxylation sites is 1. The average Bonchev–Trinajstić information content (AvgIpc) is 2.79. The van der Waals surface area contributed by atoms with Crippen LogP contribution in [0.25, 0.3) is 0 Å². The van der Waals surface area contributed by atoms with Crippen molar-refractivity contribution in [3.63, 3.8) is 0 Å². The lowest BCUT2D eigenvalue weighted by atomic mass is 9.94. The molecule has 0 spiro atoms. The van der Waals surface area contributed by atoms with Crippen LogP contribution in [0.3, 0.4) is 0 Å². The van der Waals surface area contributed by atoms with Crippen LogP contribution in [0.4, 0.5) is 21.0 Å². The topological polar surface area (TPSA) is 99.8 Å². The van der Waals surface area contributed by atoms with E-state index in [-0.39, 0.29) is 18.7 Å². The summed E-state index contributed by atoms with van der Waals surface area (Å²) in [7, 11) is 0. The molecular weight excluding hydrogens is 432 g/mol. The maximum atomic E-state index is 12.8. The molecule has 0 unspecified atom stereocenters. The van der Waals surface area contributed by atoms with E-state index < -0.39 is 12.0 Å². The molecule has 2 aromatic carbocycles. The summed E-state index contributed by atoms with van der Waals surface area (Å²) in [6.07, 6.45) is 0.750. The fourth-order valence-corrected chi connectivity index (χ4v) is 4.08. The number of hydrogen-bond donors (Lipinski definition) is 3. The van der Waals surface area contributed by atoms with Crippen molar-refractivity contribution in [1.82, 2.24) is 10.2 Å². The highest BCUT2D eigenvalue weighted by atomic mass is 16.5. The Kier molecular flexibility index (Phi) is 7.94. The van der Waals surface area contributed by atoms with E-state index in [4.69, 9.17) is 4.74 Å². The summed E-state index contributed by atoms with van der Waals surface area (Å²) in [5.41, 5.74) is 4.83. The van der Waals surface area contributed by atoms with Crippen LogP contribution in [-0.2, 0) is 9.53 Å². The minimum absolute atomic E-state index is 0.226. The Bertz CT molecular complexity index is 1110. The molecule has 0 radical (unpaired) electrons. The number of benzene rings is 2. The van der Waals surface area contributed by atoms with Gasteiger partial charge >= 0.3 is 18.0 Å². The number of aryl methyl sites for hydroxylation is 2. The van der Waals surface area contributed by atoms with Gasteiger partial charge in [0.15, 0.2) is 0 Å². The molecule has 34 heavy (non-hydrogen) atoms. The molecule has 3 N–H and O–H groups in total. The highest BCUT2D eigenvalue weighted by Crippen LogP contribution is 2.32. The molecule has 0 saturated heterocycles. The Morgan fingerprint density at radius 3 is 2.35 bits per heavy atom. The van der Waals surface area contributed by atoms with E-state index in [1.807, 2.05) is 45.0 Å². The van der Waals surface area contributed by atoms with Gasteiger partial charge in [0.25, 0.3) is 0 Å². The van der Waals surface area contributed by atoms with Crippen LogP contribution in [-0.4, -0.2) is 36.1 Å². The molecule has 1 heterocycles. The van der Waals surface area contributed by atoms with Crippen molar-refractivity contribution in [2.75, 3.05) is 23.8 Å². The minimum atomic E-state index is -0.692. The van der Waals surface area contributed by atoms with Gasteiger partial charge in [-0.25, -0.2) is 14.4 Å². The number of carbonyl (C=O) groups is 3. The molecule has 0 bridgehead atoms. The molecule has 0 fully saturated rings. The van der Waals surface area contributed by atoms with Crippen molar-refractivity contribution < 1.29 is 19.1 Å². The van der Waals surface area contributed by atoms with Crippen molar-refractivity contribution in [3.05, 3.63) is 70.4 Å². The Hall–Kier alpha value is -3.81. The Morgan fingerprint density at radius 2 is 1.71 bits per heavy atom. The van der Waals surface area contributed by atoms with Gasteiger partial charge < -0.3 is 20.7 Å². The molecule has 4 amide bonds. The number of ether oxygens (including phenoxy) is 1. The smallest absolute Gasteiger partial charge is 0.338 e. The zero-order chi connectivity index (χ0) is 24.8. The molecule has 8 heteroatoms. The first kappa shape index (κ1) is 24.8. The monoisotopic (exact) mass is 464 g/mol. The molecular formula is C26H32N4O4. The fourth-order valence-electron chi connectivity index (χ4n) is 4.08. The number of nitrogens with one attached hydrogen (secondary N) is 3. The number of anilines is 2. The normalized spacial score (nSPS) is 15.6. The van der Waals surface area contributed by atoms with Gasteiger partial charge in [0.2, 0.25) is 0 Å². The van der Waals surface area contributed by atoms with Crippen LogP contribution < -0.4 is 16.0 Å². The summed E-state index contributed by atoms with van der Waals surface area (Å²) in [6, 6.07) is 11.5. The van der Waals surface area contributed by atoms with Gasteiger partial charge in [-0.2, -0.15) is 0 Å². The number of esters is 1. The SMILES string of the molecule is CCCN1C(=O)N[C@H](c2cccc(NC(=O)Nc3c(C)cccc3C)c2)C(C(=O)OCC)=C1C. The summed E-state index contributed by atoms with van der Waals surface area (Å²) in [5.74, 6) is -0.475. The van der Waals surface area contributed by atoms with Crippen LogP contribution in [0.2, 0.25) is 0 Å². The number of amides is 4. The predicted molar refractivity (Wildman–Crippen MR) is 133 cm³/mol. The Balaban J connectivity index is 1.88. The van der Waals surface area contributed by atoms with E-state index in [1.54, 1.807) is 36.9 Å². The van der Waals surface area contributed by atoms with Crippen LogP contribution in [0.1, 0.15) is 49.9 Å². The summed E-state index contributed by atoms with van der Waals surface area (Å²) < 4.78 is 5.29. The number of nitrogens with zero attached hydrogens (tertiary/aromatic N) is 1. The lowest BCUT2D eigenvalue weighted by Crippen LogP contribution is -2.48. The molecule has 1 aliphatic rings. The quantitative estimate of drug-likeness (QED) is 0.487. The van der Waals surface area contributed by atoms with Crippen molar-refractivity contribution in [2.45, 2.75) is 47.1 Å². The van der Waals surface area contributed by atoms with E-state index in [9.17, 15) is 14.4 Å². The highest BCUT2D eigenvalue weighted by molar-refractivity contribution is 6.01. The van der Waals surface area contributed by atoms with Gasteiger partial charge in [-0.05, 0) is 62.9 Å². The third-order valence-corrected chi connectivity index (χ3v) is 5.74. The van der Waals surface area contributed by atoms with E-state index in [0.29, 0.717) is 29.1 Å². The molecule has 1 aliphatic heterocycles. The largest absolute Gasteiger partial charge is 0.463 e. The van der Waals surface area contributed by atoms with Crippen LogP contribution >= 0.6 is 0 Å². The van der Waals surface area contributed by atoms with Crippen molar-refractivity contribution in [3.8, 4) is 0 Å². The summed E-state index contributed by atoms with van der Waals surface area (Å²) in [4.78, 5) is 39.9.